The summed E-state index contributed by atoms with van der Waals surface area (Å²) in [6.45, 7) is 4.28. The fourth-order valence-electron chi connectivity index (χ4n) is 2.45. The number of hydrogen-bond acceptors (Lipinski definition) is 3. The van der Waals surface area contributed by atoms with Gasteiger partial charge in [-0.25, -0.2) is 0 Å². The van der Waals surface area contributed by atoms with E-state index in [1.807, 2.05) is 0 Å². The molecule has 0 radical (unpaired) electrons. The summed E-state index contributed by atoms with van der Waals surface area (Å²) < 4.78 is 12.5. The molecular formula is C16H24N2O2. The molecule has 0 saturated carbocycles. The third-order valence-corrected chi connectivity index (χ3v) is 3.42. The van der Waals surface area contributed by atoms with Gasteiger partial charge in [-0.3, -0.25) is 0 Å². The van der Waals surface area contributed by atoms with Gasteiger partial charge in [0.2, 0.25) is 0 Å². The molecule has 0 fully saturated rings. The van der Waals surface area contributed by atoms with Crippen molar-refractivity contribution in [1.29, 1.82) is 0 Å². The van der Waals surface area contributed by atoms with Gasteiger partial charge < -0.3 is 19.4 Å². The van der Waals surface area contributed by atoms with Crippen molar-refractivity contribution < 1.29 is 9.47 Å². The van der Waals surface area contributed by atoms with Crippen LogP contribution in [0.25, 0.3) is 10.9 Å². The van der Waals surface area contributed by atoms with Gasteiger partial charge in [-0.15, -0.1) is 0 Å². The van der Waals surface area contributed by atoms with Gasteiger partial charge in [0.05, 0.1) is 12.1 Å². The molecule has 0 aliphatic carbocycles. The molecule has 1 aromatic heterocycles. The van der Waals surface area contributed by atoms with Crippen molar-refractivity contribution in [1.82, 2.24) is 9.88 Å². The number of hydrogen-bond donors (Lipinski definition) is 1. The zero-order valence-electron chi connectivity index (χ0n) is 12.4. The third-order valence-electron chi connectivity index (χ3n) is 3.42. The molecule has 4 heteroatoms. The van der Waals surface area contributed by atoms with Crippen molar-refractivity contribution in [3.63, 3.8) is 0 Å². The Balaban J connectivity index is 2.09. The standard InChI is InChI=1S/C16H24N2O2/c1-19-11-4-9-18-10-7-14-5-3-6-15(16(14)18)13-17-8-12-20-2/h3,5-7,10,17H,4,8-9,11-13H2,1-2H3. The van der Waals surface area contributed by atoms with Crippen LogP contribution in [0.4, 0.5) is 0 Å². The lowest BCUT2D eigenvalue weighted by Crippen LogP contribution is -2.19. The zero-order valence-corrected chi connectivity index (χ0v) is 12.4. The Bertz CT molecular complexity index is 522. The average Bonchev–Trinajstić information content (AvgIpc) is 2.88. The highest BCUT2D eigenvalue weighted by Crippen LogP contribution is 2.20. The maximum atomic E-state index is 5.13. The van der Waals surface area contributed by atoms with E-state index in [9.17, 15) is 0 Å². The summed E-state index contributed by atoms with van der Waals surface area (Å²) in [7, 11) is 3.47. The van der Waals surface area contributed by atoms with Gasteiger partial charge in [-0.05, 0) is 23.4 Å². The third kappa shape index (κ3) is 3.82. The topological polar surface area (TPSA) is 35.4 Å². The number of aryl methyl sites for hydroxylation is 1. The Kier molecular flexibility index (Phi) is 6.05. The van der Waals surface area contributed by atoms with Crippen molar-refractivity contribution in [3.05, 3.63) is 36.0 Å². The van der Waals surface area contributed by atoms with E-state index in [1.165, 1.54) is 16.5 Å². The van der Waals surface area contributed by atoms with Crippen molar-refractivity contribution in [2.24, 2.45) is 0 Å². The second kappa shape index (κ2) is 8.04. The molecule has 0 aliphatic heterocycles. The van der Waals surface area contributed by atoms with Crippen molar-refractivity contribution in [2.45, 2.75) is 19.5 Å². The molecule has 0 atom stereocenters. The van der Waals surface area contributed by atoms with Crippen LogP contribution in [-0.4, -0.2) is 38.5 Å². The van der Waals surface area contributed by atoms with Crippen LogP contribution < -0.4 is 5.32 Å². The number of ether oxygens (including phenoxy) is 2. The summed E-state index contributed by atoms with van der Waals surface area (Å²) in [6, 6.07) is 8.66. The number of benzene rings is 1. The summed E-state index contributed by atoms with van der Waals surface area (Å²) in [5.74, 6) is 0. The Hall–Kier alpha value is -1.36. The molecular weight excluding hydrogens is 252 g/mol. The highest BCUT2D eigenvalue weighted by molar-refractivity contribution is 5.83. The second-order valence-corrected chi connectivity index (χ2v) is 4.88. The van der Waals surface area contributed by atoms with Crippen LogP contribution in [0.3, 0.4) is 0 Å². The highest BCUT2D eigenvalue weighted by atomic mass is 16.5. The maximum absolute atomic E-state index is 5.13. The first-order chi connectivity index (χ1) is 9.86. The van der Waals surface area contributed by atoms with E-state index in [0.717, 1.165) is 39.3 Å². The number of fused-ring (bicyclic) bond motifs is 1. The van der Waals surface area contributed by atoms with Crippen LogP contribution in [0, 0.1) is 0 Å². The molecule has 2 aromatic rings. The fourth-order valence-corrected chi connectivity index (χ4v) is 2.45. The molecule has 0 aliphatic rings. The molecule has 0 spiro atoms. The Labute approximate surface area is 120 Å². The zero-order chi connectivity index (χ0) is 14.2. The van der Waals surface area contributed by atoms with Gasteiger partial charge in [-0.1, -0.05) is 18.2 Å². The van der Waals surface area contributed by atoms with Crippen LogP contribution in [0.5, 0.6) is 0 Å². The molecule has 4 nitrogen and oxygen atoms in total. The minimum absolute atomic E-state index is 0.741. The first kappa shape index (κ1) is 15.0. The monoisotopic (exact) mass is 276 g/mol. The lowest BCUT2D eigenvalue weighted by atomic mass is 10.1. The molecule has 1 heterocycles. The van der Waals surface area contributed by atoms with Crippen LogP contribution in [0.15, 0.2) is 30.5 Å². The van der Waals surface area contributed by atoms with E-state index in [0.29, 0.717) is 0 Å². The minimum atomic E-state index is 0.741. The van der Waals surface area contributed by atoms with Crippen molar-refractivity contribution >= 4 is 10.9 Å². The Morgan fingerprint density at radius 1 is 1.10 bits per heavy atom. The fraction of sp³-hybridized carbons (Fsp3) is 0.500. The van der Waals surface area contributed by atoms with E-state index in [-0.39, 0.29) is 0 Å². The summed E-state index contributed by atoms with van der Waals surface area (Å²) >= 11 is 0. The minimum Gasteiger partial charge on any atom is -0.385 e. The smallest absolute Gasteiger partial charge is 0.0587 e. The van der Waals surface area contributed by atoms with Crippen LogP contribution >= 0.6 is 0 Å². The SMILES string of the molecule is COCCCn1ccc2cccc(CNCCOC)c21. The molecule has 1 aromatic carbocycles. The van der Waals surface area contributed by atoms with E-state index in [1.54, 1.807) is 14.2 Å². The highest BCUT2D eigenvalue weighted by Gasteiger charge is 2.06. The van der Waals surface area contributed by atoms with E-state index < -0.39 is 0 Å². The van der Waals surface area contributed by atoms with Gasteiger partial charge in [0.25, 0.3) is 0 Å². The second-order valence-electron chi connectivity index (χ2n) is 4.88. The van der Waals surface area contributed by atoms with E-state index >= 15 is 0 Å². The normalized spacial score (nSPS) is 11.3. The largest absolute Gasteiger partial charge is 0.385 e. The number of aromatic nitrogens is 1. The maximum Gasteiger partial charge on any atom is 0.0587 e. The van der Waals surface area contributed by atoms with E-state index in [4.69, 9.17) is 9.47 Å². The van der Waals surface area contributed by atoms with E-state index in [2.05, 4.69) is 40.3 Å². The predicted molar refractivity (Wildman–Crippen MR) is 82.0 cm³/mol. The molecule has 0 amide bonds. The van der Waals surface area contributed by atoms with Gasteiger partial charge in [0.1, 0.15) is 0 Å². The number of para-hydroxylation sites is 1. The summed E-state index contributed by atoms with van der Waals surface area (Å²) in [6.07, 6.45) is 3.20. The lowest BCUT2D eigenvalue weighted by molar-refractivity contribution is 0.190. The average molecular weight is 276 g/mol. The summed E-state index contributed by atoms with van der Waals surface area (Å²) in [4.78, 5) is 0. The number of nitrogens with zero attached hydrogens (tertiary/aromatic N) is 1. The number of methoxy groups -OCH3 is 2. The van der Waals surface area contributed by atoms with Crippen molar-refractivity contribution in [2.75, 3.05) is 34.0 Å². The van der Waals surface area contributed by atoms with Crippen LogP contribution in [0.2, 0.25) is 0 Å². The number of nitrogens with one attached hydrogen (secondary N) is 1. The van der Waals surface area contributed by atoms with Crippen LogP contribution in [0.1, 0.15) is 12.0 Å². The van der Waals surface area contributed by atoms with Gasteiger partial charge in [0, 0.05) is 46.7 Å². The predicted octanol–water partition coefficient (Wildman–Crippen LogP) is 2.41. The molecule has 0 saturated heterocycles. The molecule has 2 rings (SSSR count). The van der Waals surface area contributed by atoms with Crippen LogP contribution in [-0.2, 0) is 22.6 Å². The molecule has 0 bridgehead atoms. The molecule has 20 heavy (non-hydrogen) atoms. The summed E-state index contributed by atoms with van der Waals surface area (Å²) in [5, 5.41) is 4.72. The Morgan fingerprint density at radius 2 is 1.95 bits per heavy atom. The van der Waals surface area contributed by atoms with Crippen molar-refractivity contribution in [3.8, 4) is 0 Å². The first-order valence-electron chi connectivity index (χ1n) is 7.12. The first-order valence-corrected chi connectivity index (χ1v) is 7.12. The van der Waals surface area contributed by atoms with Gasteiger partial charge in [0.15, 0.2) is 0 Å². The van der Waals surface area contributed by atoms with Gasteiger partial charge >= 0.3 is 0 Å². The molecule has 1 N–H and O–H groups in total. The summed E-state index contributed by atoms with van der Waals surface area (Å²) in [5.41, 5.74) is 2.66. The Morgan fingerprint density at radius 3 is 2.75 bits per heavy atom. The number of rotatable bonds is 9. The molecule has 0 unspecified atom stereocenters. The van der Waals surface area contributed by atoms with Gasteiger partial charge in [-0.2, -0.15) is 0 Å². The molecule has 110 valence electrons. The quantitative estimate of drug-likeness (QED) is 0.714. The lowest BCUT2D eigenvalue weighted by Gasteiger charge is -2.10.